The minimum atomic E-state index is 0. The van der Waals surface area contributed by atoms with Crippen molar-refractivity contribution in [2.24, 2.45) is 0 Å². The van der Waals surface area contributed by atoms with E-state index < -0.39 is 0 Å². The van der Waals surface area contributed by atoms with Crippen molar-refractivity contribution in [1.29, 1.82) is 0 Å². The summed E-state index contributed by atoms with van der Waals surface area (Å²) in [7, 11) is 0. The largest absolute Gasteiger partial charge is 1.00 e. The van der Waals surface area contributed by atoms with Gasteiger partial charge in [-0.1, -0.05) is 55.0 Å². The van der Waals surface area contributed by atoms with E-state index in [1.165, 1.54) is 28.7 Å². The van der Waals surface area contributed by atoms with E-state index >= 15 is 0 Å². The van der Waals surface area contributed by atoms with Gasteiger partial charge in [0.25, 0.3) is 0 Å². The van der Waals surface area contributed by atoms with Crippen LogP contribution in [-0.2, 0) is 9.53 Å². The van der Waals surface area contributed by atoms with Crippen molar-refractivity contribution in [2.45, 2.75) is 5.92 Å². The Morgan fingerprint density at radius 2 is 1.44 bits per heavy atom. The van der Waals surface area contributed by atoms with Crippen LogP contribution in [0.2, 0.25) is 0 Å². The summed E-state index contributed by atoms with van der Waals surface area (Å²) in [6.07, 6.45) is 0. The topological polar surface area (TPSA) is 26.3 Å². The van der Waals surface area contributed by atoms with Gasteiger partial charge in [0.05, 0.1) is 6.61 Å². The van der Waals surface area contributed by atoms with Crippen LogP contribution in [0.25, 0.3) is 11.1 Å². The molecule has 0 unspecified atom stereocenters. The van der Waals surface area contributed by atoms with Crippen LogP contribution >= 0.6 is 0 Å². The summed E-state index contributed by atoms with van der Waals surface area (Å²) >= 11 is 0. The van der Waals surface area contributed by atoms with Crippen molar-refractivity contribution < 1.29 is 67.7 Å². The number of rotatable bonds is 3. The van der Waals surface area contributed by atoms with E-state index in [0.717, 1.165) is 0 Å². The SMILES string of the molecule is O=[C-]OCC1c2ccccc2-c2ccccc21.[Rb+]. The van der Waals surface area contributed by atoms with Crippen LogP contribution < -0.4 is 58.2 Å². The number of hydrogen-bond donors (Lipinski definition) is 0. The van der Waals surface area contributed by atoms with Gasteiger partial charge in [0.1, 0.15) is 0 Å². The van der Waals surface area contributed by atoms with Gasteiger partial charge in [0.2, 0.25) is 0 Å². The molecule has 0 saturated heterocycles. The number of ether oxygens (including phenoxy) is 1. The van der Waals surface area contributed by atoms with E-state index in [-0.39, 0.29) is 64.1 Å². The second-order valence-corrected chi connectivity index (χ2v) is 4.12. The molecule has 1 aliphatic rings. The van der Waals surface area contributed by atoms with Crippen LogP contribution in [0.5, 0.6) is 0 Å². The van der Waals surface area contributed by atoms with Crippen LogP contribution in [0, 0.1) is 0 Å². The Balaban J connectivity index is 0.00000120. The Morgan fingerprint density at radius 3 is 1.94 bits per heavy atom. The molecule has 2 nitrogen and oxygen atoms in total. The van der Waals surface area contributed by atoms with Crippen LogP contribution in [0.3, 0.4) is 0 Å². The second-order valence-electron chi connectivity index (χ2n) is 4.12. The van der Waals surface area contributed by atoms with Crippen molar-refractivity contribution in [1.82, 2.24) is 0 Å². The van der Waals surface area contributed by atoms with E-state index in [1.54, 1.807) is 0 Å². The fourth-order valence-electron chi connectivity index (χ4n) is 2.56. The third-order valence-electron chi connectivity index (χ3n) is 3.27. The first-order chi connectivity index (χ1) is 8.42. The van der Waals surface area contributed by atoms with Crippen molar-refractivity contribution in [3.63, 3.8) is 0 Å². The van der Waals surface area contributed by atoms with Crippen molar-refractivity contribution >= 4 is 6.47 Å². The molecule has 1 aliphatic carbocycles. The smallest absolute Gasteiger partial charge is 0.652 e. The van der Waals surface area contributed by atoms with Gasteiger partial charge >= 0.3 is 58.2 Å². The van der Waals surface area contributed by atoms with E-state index in [0.29, 0.717) is 6.61 Å². The fraction of sp³-hybridized carbons (Fsp3) is 0.133. The monoisotopic (exact) mass is 308 g/mol. The molecular weight excluding hydrogens is 298 g/mol. The van der Waals surface area contributed by atoms with Crippen LogP contribution in [0.15, 0.2) is 48.5 Å². The standard InChI is InChI=1S/C15H11O2.Rb/c16-10-17-9-15-13-7-3-1-5-11(13)12-6-2-4-8-14(12)15;/h1-8,15H,9H2;/q-1;+1. The maximum absolute atomic E-state index is 10.2. The first-order valence-corrected chi connectivity index (χ1v) is 5.59. The first-order valence-electron chi connectivity index (χ1n) is 5.59. The number of carbonyl (C=O) groups excluding carboxylic acids is 1. The maximum Gasteiger partial charge on any atom is 1.00 e. The summed E-state index contributed by atoms with van der Waals surface area (Å²) in [6, 6.07) is 16.5. The first kappa shape index (κ1) is 14.1. The molecule has 18 heavy (non-hydrogen) atoms. The third-order valence-corrected chi connectivity index (χ3v) is 3.27. The summed E-state index contributed by atoms with van der Waals surface area (Å²) in [5, 5.41) is 0. The Labute approximate surface area is 155 Å². The molecule has 0 spiro atoms. The third kappa shape index (κ3) is 2.39. The van der Waals surface area contributed by atoms with Gasteiger partial charge in [0, 0.05) is 5.92 Å². The van der Waals surface area contributed by atoms with Gasteiger partial charge < -0.3 is 9.53 Å². The molecule has 84 valence electrons. The van der Waals surface area contributed by atoms with Gasteiger partial charge in [-0.15, -0.1) is 0 Å². The van der Waals surface area contributed by atoms with Crippen molar-refractivity contribution in [3.05, 3.63) is 59.7 Å². The van der Waals surface area contributed by atoms with Gasteiger partial charge in [-0.25, -0.2) is 0 Å². The quantitative estimate of drug-likeness (QED) is 0.740. The van der Waals surface area contributed by atoms with E-state index in [9.17, 15) is 4.79 Å². The molecule has 0 fully saturated rings. The number of benzene rings is 2. The Hall–Kier alpha value is -0.285. The van der Waals surface area contributed by atoms with Crippen molar-refractivity contribution in [3.8, 4) is 11.1 Å². The minimum absolute atomic E-state index is 0. The molecule has 0 heterocycles. The zero-order valence-electron chi connectivity index (χ0n) is 10.2. The summed E-state index contributed by atoms with van der Waals surface area (Å²) in [5.74, 6) is 0.142. The van der Waals surface area contributed by atoms with Gasteiger partial charge in [0.15, 0.2) is 0 Å². The zero-order chi connectivity index (χ0) is 11.7. The van der Waals surface area contributed by atoms with Crippen LogP contribution in [-0.4, -0.2) is 13.1 Å². The zero-order valence-corrected chi connectivity index (χ0v) is 15.1. The fourth-order valence-corrected chi connectivity index (χ4v) is 2.56. The predicted octanol–water partition coefficient (Wildman–Crippen LogP) is -0.113. The number of hydrogen-bond acceptors (Lipinski definition) is 2. The molecule has 2 aromatic rings. The average Bonchev–Trinajstić information content (AvgIpc) is 2.71. The molecule has 3 heteroatoms. The minimum Gasteiger partial charge on any atom is -0.652 e. The molecule has 0 bridgehead atoms. The average molecular weight is 309 g/mol. The molecule has 0 atom stereocenters. The summed E-state index contributed by atoms with van der Waals surface area (Å²) in [5.41, 5.74) is 4.93. The van der Waals surface area contributed by atoms with Crippen LogP contribution in [0.4, 0.5) is 0 Å². The molecule has 0 aliphatic heterocycles. The Bertz CT molecular complexity index is 520. The molecule has 2 aromatic carbocycles. The molecule has 0 saturated carbocycles. The maximum atomic E-state index is 10.2. The summed E-state index contributed by atoms with van der Waals surface area (Å²) in [6.45, 7) is 1.86. The predicted molar refractivity (Wildman–Crippen MR) is 65.4 cm³/mol. The normalized spacial score (nSPS) is 12.2. The molecule has 0 amide bonds. The molecule has 0 N–H and O–H groups in total. The molecule has 0 aromatic heterocycles. The summed E-state index contributed by atoms with van der Waals surface area (Å²) in [4.78, 5) is 10.2. The van der Waals surface area contributed by atoms with E-state index in [1.807, 2.05) is 24.3 Å². The summed E-state index contributed by atoms with van der Waals surface area (Å²) < 4.78 is 4.83. The molecular formula is C15H11O2Rb. The van der Waals surface area contributed by atoms with Gasteiger partial charge in [-0.2, -0.15) is 0 Å². The second kappa shape index (κ2) is 6.24. The van der Waals surface area contributed by atoms with Gasteiger partial charge in [-0.05, 0) is 22.3 Å². The molecule has 0 radical (unpaired) electrons. The van der Waals surface area contributed by atoms with E-state index in [4.69, 9.17) is 4.74 Å². The Kier molecular flexibility index (Phi) is 4.90. The van der Waals surface area contributed by atoms with Crippen molar-refractivity contribution in [2.75, 3.05) is 6.61 Å². The Morgan fingerprint density at radius 1 is 0.944 bits per heavy atom. The molecule has 3 rings (SSSR count). The van der Waals surface area contributed by atoms with Gasteiger partial charge in [-0.3, -0.25) is 0 Å². The number of fused-ring (bicyclic) bond motifs is 3. The van der Waals surface area contributed by atoms with Crippen LogP contribution in [0.1, 0.15) is 17.0 Å². The van der Waals surface area contributed by atoms with E-state index in [2.05, 4.69) is 24.3 Å².